The van der Waals surface area contributed by atoms with Crippen LogP contribution in [-0.2, 0) is 17.9 Å². The molecule has 0 bridgehead atoms. The van der Waals surface area contributed by atoms with Gasteiger partial charge in [-0.25, -0.2) is 9.67 Å². The van der Waals surface area contributed by atoms with Crippen LogP contribution in [0.5, 0.6) is 5.75 Å². The average molecular weight is 375 g/mol. The van der Waals surface area contributed by atoms with Crippen LogP contribution in [0.4, 0.5) is 5.69 Å². The molecule has 0 saturated carbocycles. The number of carbonyl (C=O) groups is 1. The van der Waals surface area contributed by atoms with E-state index in [0.29, 0.717) is 19.5 Å². The van der Waals surface area contributed by atoms with Crippen LogP contribution < -0.4 is 10.1 Å². The maximum atomic E-state index is 12.3. The van der Waals surface area contributed by atoms with Gasteiger partial charge in [0.15, 0.2) is 0 Å². The zero-order chi connectivity index (χ0) is 19.3. The average Bonchev–Trinajstić information content (AvgIpc) is 3.37. The first-order valence-electron chi connectivity index (χ1n) is 9.06. The number of ether oxygens (including phenoxy) is 1. The molecule has 1 N–H and O–H groups in total. The molecule has 7 heteroatoms. The number of carbonyl (C=O) groups excluding carboxylic acids is 1. The fourth-order valence-electron chi connectivity index (χ4n) is 3.21. The van der Waals surface area contributed by atoms with E-state index in [0.717, 1.165) is 27.9 Å². The molecule has 0 aliphatic carbocycles. The molecule has 2 aromatic heterocycles. The minimum absolute atomic E-state index is 0.0197. The first-order valence-corrected chi connectivity index (χ1v) is 9.06. The number of benzene rings is 2. The van der Waals surface area contributed by atoms with Crippen molar-refractivity contribution in [1.82, 2.24) is 19.3 Å². The van der Waals surface area contributed by atoms with E-state index in [1.807, 2.05) is 54.7 Å². The molecule has 2 aromatic carbocycles. The topological polar surface area (TPSA) is 74.0 Å². The molecule has 1 amide bonds. The van der Waals surface area contributed by atoms with Gasteiger partial charge in [-0.05, 0) is 35.9 Å². The third kappa shape index (κ3) is 3.88. The highest BCUT2D eigenvalue weighted by atomic mass is 16.5. The Labute approximate surface area is 162 Å². The summed E-state index contributed by atoms with van der Waals surface area (Å²) in [4.78, 5) is 16.3. The molecule has 4 aromatic rings. The van der Waals surface area contributed by atoms with E-state index in [1.54, 1.807) is 18.1 Å². The van der Waals surface area contributed by atoms with Crippen molar-refractivity contribution < 1.29 is 9.53 Å². The Morgan fingerprint density at radius 2 is 2.00 bits per heavy atom. The van der Waals surface area contributed by atoms with Crippen molar-refractivity contribution in [3.63, 3.8) is 0 Å². The number of hydrogen-bond donors (Lipinski definition) is 1. The largest absolute Gasteiger partial charge is 0.496 e. The van der Waals surface area contributed by atoms with Gasteiger partial charge in [-0.15, -0.1) is 0 Å². The van der Waals surface area contributed by atoms with E-state index in [9.17, 15) is 4.79 Å². The molecular weight excluding hydrogens is 354 g/mol. The highest BCUT2D eigenvalue weighted by Crippen LogP contribution is 2.26. The molecule has 4 rings (SSSR count). The van der Waals surface area contributed by atoms with Crippen molar-refractivity contribution in [2.24, 2.45) is 0 Å². The summed E-state index contributed by atoms with van der Waals surface area (Å²) in [6.45, 7) is 1.26. The Bertz CT molecular complexity index is 1070. The predicted molar refractivity (Wildman–Crippen MR) is 107 cm³/mol. The van der Waals surface area contributed by atoms with Crippen molar-refractivity contribution in [2.75, 3.05) is 12.4 Å². The molecule has 0 saturated heterocycles. The predicted octanol–water partition coefficient (Wildman–Crippen LogP) is 3.32. The number of aryl methyl sites for hydroxylation is 1. The molecule has 28 heavy (non-hydrogen) atoms. The first-order chi connectivity index (χ1) is 13.7. The molecule has 7 nitrogen and oxygen atoms in total. The van der Waals surface area contributed by atoms with Crippen LogP contribution in [0.3, 0.4) is 0 Å². The van der Waals surface area contributed by atoms with Gasteiger partial charge in [-0.2, -0.15) is 5.10 Å². The summed E-state index contributed by atoms with van der Waals surface area (Å²) in [5.41, 5.74) is 2.94. The van der Waals surface area contributed by atoms with E-state index in [2.05, 4.69) is 20.0 Å². The van der Waals surface area contributed by atoms with Crippen LogP contribution in [0, 0.1) is 0 Å². The summed E-state index contributed by atoms with van der Waals surface area (Å²) >= 11 is 0. The molecule has 2 heterocycles. The van der Waals surface area contributed by atoms with Gasteiger partial charge in [0.05, 0.1) is 19.2 Å². The fourth-order valence-corrected chi connectivity index (χ4v) is 3.21. The van der Waals surface area contributed by atoms with Gasteiger partial charge in [0.1, 0.15) is 18.4 Å². The molecule has 0 unspecified atom stereocenters. The molecule has 0 atom stereocenters. The van der Waals surface area contributed by atoms with Gasteiger partial charge >= 0.3 is 0 Å². The number of nitrogens with zero attached hydrogens (tertiary/aromatic N) is 4. The Morgan fingerprint density at radius 3 is 2.75 bits per heavy atom. The van der Waals surface area contributed by atoms with Crippen LogP contribution in [0.2, 0.25) is 0 Å². The SMILES string of the molecule is COc1cccc2c1ccn2CCC(=O)Nc1ccc(Cn2cncn2)cc1. The fraction of sp³-hybridized carbons (Fsp3) is 0.190. The van der Waals surface area contributed by atoms with Crippen LogP contribution in [0.25, 0.3) is 10.9 Å². The Hall–Kier alpha value is -3.61. The number of nitrogens with one attached hydrogen (secondary N) is 1. The smallest absolute Gasteiger partial charge is 0.226 e. The number of methoxy groups -OCH3 is 1. The van der Waals surface area contributed by atoms with Gasteiger partial charge in [-0.1, -0.05) is 18.2 Å². The molecule has 0 aliphatic rings. The highest BCUT2D eigenvalue weighted by molar-refractivity contribution is 5.91. The van der Waals surface area contributed by atoms with Gasteiger partial charge < -0.3 is 14.6 Å². The van der Waals surface area contributed by atoms with Crippen LogP contribution in [0.1, 0.15) is 12.0 Å². The number of rotatable bonds is 7. The zero-order valence-electron chi connectivity index (χ0n) is 15.6. The van der Waals surface area contributed by atoms with E-state index < -0.39 is 0 Å². The lowest BCUT2D eigenvalue weighted by Gasteiger charge is -2.09. The molecular formula is C21H21N5O2. The molecule has 0 fully saturated rings. The van der Waals surface area contributed by atoms with Crippen molar-refractivity contribution in [1.29, 1.82) is 0 Å². The van der Waals surface area contributed by atoms with Gasteiger partial charge in [0.25, 0.3) is 0 Å². The Balaban J connectivity index is 1.34. The van der Waals surface area contributed by atoms with E-state index in [4.69, 9.17) is 4.74 Å². The number of aromatic nitrogens is 4. The van der Waals surface area contributed by atoms with E-state index in [1.165, 1.54) is 6.33 Å². The highest BCUT2D eigenvalue weighted by Gasteiger charge is 2.08. The molecule has 0 aliphatic heterocycles. The van der Waals surface area contributed by atoms with Crippen molar-refractivity contribution in [2.45, 2.75) is 19.5 Å². The number of amides is 1. The normalized spacial score (nSPS) is 10.9. The van der Waals surface area contributed by atoms with Gasteiger partial charge in [0, 0.05) is 30.2 Å². The number of hydrogen-bond acceptors (Lipinski definition) is 4. The van der Waals surface area contributed by atoms with Gasteiger partial charge in [0.2, 0.25) is 5.91 Å². The second-order valence-electron chi connectivity index (χ2n) is 6.49. The first kappa shape index (κ1) is 17.8. The lowest BCUT2D eigenvalue weighted by atomic mass is 10.2. The number of fused-ring (bicyclic) bond motifs is 1. The lowest BCUT2D eigenvalue weighted by Crippen LogP contribution is -2.14. The zero-order valence-corrected chi connectivity index (χ0v) is 15.6. The number of anilines is 1. The molecule has 142 valence electrons. The maximum Gasteiger partial charge on any atom is 0.226 e. The van der Waals surface area contributed by atoms with Crippen LogP contribution in [-0.4, -0.2) is 32.3 Å². The third-order valence-corrected chi connectivity index (χ3v) is 4.62. The molecule has 0 spiro atoms. The van der Waals surface area contributed by atoms with Crippen molar-refractivity contribution in [3.05, 3.63) is 72.9 Å². The summed E-state index contributed by atoms with van der Waals surface area (Å²) in [7, 11) is 1.66. The molecule has 0 radical (unpaired) electrons. The maximum absolute atomic E-state index is 12.3. The lowest BCUT2D eigenvalue weighted by molar-refractivity contribution is -0.116. The second-order valence-corrected chi connectivity index (χ2v) is 6.49. The second kappa shape index (κ2) is 7.96. The van der Waals surface area contributed by atoms with Crippen molar-refractivity contribution in [3.8, 4) is 5.75 Å². The quantitative estimate of drug-likeness (QED) is 0.538. The van der Waals surface area contributed by atoms with Crippen LogP contribution in [0.15, 0.2) is 67.4 Å². The van der Waals surface area contributed by atoms with Crippen molar-refractivity contribution >= 4 is 22.5 Å². The third-order valence-electron chi connectivity index (χ3n) is 4.62. The summed E-state index contributed by atoms with van der Waals surface area (Å²) in [5, 5.41) is 8.09. The Kier molecular flexibility index (Phi) is 5.05. The summed E-state index contributed by atoms with van der Waals surface area (Å²) in [6.07, 6.45) is 5.57. The van der Waals surface area contributed by atoms with E-state index in [-0.39, 0.29) is 5.91 Å². The van der Waals surface area contributed by atoms with Crippen LogP contribution >= 0.6 is 0 Å². The summed E-state index contributed by atoms with van der Waals surface area (Å²) < 4.78 is 9.21. The standard InChI is InChI=1S/C21H21N5O2/c1-28-20-4-2-3-19-18(20)9-11-25(19)12-10-21(27)24-17-7-5-16(6-8-17)13-26-15-22-14-23-26/h2-9,11,14-15H,10,12-13H2,1H3,(H,24,27). The van der Waals surface area contributed by atoms with Gasteiger partial charge in [-0.3, -0.25) is 4.79 Å². The Morgan fingerprint density at radius 1 is 1.14 bits per heavy atom. The summed E-state index contributed by atoms with van der Waals surface area (Å²) in [6, 6.07) is 15.7. The minimum Gasteiger partial charge on any atom is -0.496 e. The summed E-state index contributed by atoms with van der Waals surface area (Å²) in [5.74, 6) is 0.820. The monoisotopic (exact) mass is 375 g/mol. The van der Waals surface area contributed by atoms with E-state index >= 15 is 0 Å². The minimum atomic E-state index is -0.0197.